The molecule has 0 aromatic heterocycles. The summed E-state index contributed by atoms with van der Waals surface area (Å²) in [5.74, 6) is 0.114. The second kappa shape index (κ2) is 13.4. The number of hydrogen-bond acceptors (Lipinski definition) is 7. The Morgan fingerprint density at radius 2 is 1.76 bits per heavy atom. The third-order valence-corrected chi connectivity index (χ3v) is 8.94. The number of methoxy groups -OCH3 is 1. The van der Waals surface area contributed by atoms with E-state index < -0.39 is 11.1 Å². The molecule has 0 atom stereocenters. The minimum atomic E-state index is -0.505. The lowest BCUT2D eigenvalue weighted by atomic mass is 10.1. The summed E-state index contributed by atoms with van der Waals surface area (Å²) in [6.45, 7) is 2.29. The zero-order valence-electron chi connectivity index (χ0n) is 22.5. The van der Waals surface area contributed by atoms with E-state index in [9.17, 15) is 14.4 Å². The molecular weight excluding hydrogens is 665 g/mol. The van der Waals surface area contributed by atoms with Crippen molar-refractivity contribution in [1.82, 2.24) is 9.80 Å². The maximum absolute atomic E-state index is 13.1. The Balaban J connectivity index is 1.23. The largest absolute Gasteiger partial charge is 0.493 e. The molecule has 5 rings (SSSR count). The maximum Gasteiger partial charge on any atom is 0.294 e. The Bertz CT molecular complexity index is 1550. The smallest absolute Gasteiger partial charge is 0.294 e. The fourth-order valence-electron chi connectivity index (χ4n) is 4.63. The molecule has 2 fully saturated rings. The van der Waals surface area contributed by atoms with Crippen LogP contribution in [0.25, 0.3) is 6.08 Å². The van der Waals surface area contributed by atoms with Gasteiger partial charge in [-0.15, -0.1) is 0 Å². The SMILES string of the molecule is COc1cc(/C=C2/SC(=O)N(CC(=O)N3CCN(c4ccccc4)CC3)C2=O)cc(Br)c1OCc1ccc(Cl)cc1Cl. The number of para-hydroxylation sites is 1. The fraction of sp³-hybridized carbons (Fsp3) is 0.233. The van der Waals surface area contributed by atoms with Gasteiger partial charge in [-0.3, -0.25) is 19.3 Å². The van der Waals surface area contributed by atoms with Crippen molar-refractivity contribution in [3.05, 3.63) is 91.2 Å². The van der Waals surface area contributed by atoms with Crippen LogP contribution < -0.4 is 14.4 Å². The second-order valence-corrected chi connectivity index (χ2v) is 12.2. The van der Waals surface area contributed by atoms with E-state index in [4.69, 9.17) is 32.7 Å². The molecule has 2 heterocycles. The summed E-state index contributed by atoms with van der Waals surface area (Å²) in [6.07, 6.45) is 1.60. The third-order valence-electron chi connectivity index (χ3n) is 6.86. The lowest BCUT2D eigenvalue weighted by Gasteiger charge is -2.36. The van der Waals surface area contributed by atoms with Crippen molar-refractivity contribution in [1.29, 1.82) is 0 Å². The molecule has 0 aliphatic carbocycles. The number of amides is 3. The molecule has 12 heteroatoms. The molecule has 0 bridgehead atoms. The monoisotopic (exact) mass is 689 g/mol. The van der Waals surface area contributed by atoms with Crippen molar-refractivity contribution < 1.29 is 23.9 Å². The minimum absolute atomic E-state index is 0.179. The summed E-state index contributed by atoms with van der Waals surface area (Å²) in [5.41, 5.74) is 2.47. The van der Waals surface area contributed by atoms with Gasteiger partial charge < -0.3 is 19.3 Å². The Hall–Kier alpha value is -3.18. The van der Waals surface area contributed by atoms with Crippen molar-refractivity contribution in [2.75, 3.05) is 44.7 Å². The van der Waals surface area contributed by atoms with Gasteiger partial charge in [0.2, 0.25) is 5.91 Å². The molecule has 3 amide bonds. The van der Waals surface area contributed by atoms with Gasteiger partial charge in [0.15, 0.2) is 11.5 Å². The number of imide groups is 1. The Morgan fingerprint density at radius 3 is 2.45 bits per heavy atom. The van der Waals surface area contributed by atoms with Crippen LogP contribution in [0.2, 0.25) is 10.0 Å². The standard InChI is InChI=1S/C30H26BrCl2N3O5S/c1-40-25-14-19(13-23(31)28(25)41-18-20-7-8-21(32)16-24(20)33)15-26-29(38)36(30(39)42-26)17-27(37)35-11-9-34(10-12-35)22-5-3-2-4-6-22/h2-8,13-16H,9-12,17-18H2,1H3/b26-15+. The first kappa shape index (κ1) is 30.3. The minimum Gasteiger partial charge on any atom is -0.493 e. The number of hydrogen-bond donors (Lipinski definition) is 0. The van der Waals surface area contributed by atoms with E-state index in [-0.39, 0.29) is 24.0 Å². The quantitative estimate of drug-likeness (QED) is 0.243. The molecule has 0 radical (unpaired) electrons. The Morgan fingerprint density at radius 1 is 1.02 bits per heavy atom. The number of carbonyl (C=O) groups excluding carboxylic acids is 3. The highest BCUT2D eigenvalue weighted by Crippen LogP contribution is 2.40. The van der Waals surface area contributed by atoms with Crippen molar-refractivity contribution in [2.45, 2.75) is 6.61 Å². The third kappa shape index (κ3) is 6.89. The van der Waals surface area contributed by atoms with E-state index in [1.54, 1.807) is 41.3 Å². The van der Waals surface area contributed by atoms with Gasteiger partial charge in [0.1, 0.15) is 13.2 Å². The van der Waals surface area contributed by atoms with Crippen LogP contribution >= 0.6 is 50.9 Å². The van der Waals surface area contributed by atoms with E-state index >= 15 is 0 Å². The maximum atomic E-state index is 13.1. The number of thioether (sulfide) groups is 1. The molecule has 0 saturated carbocycles. The summed E-state index contributed by atoms with van der Waals surface area (Å²) >= 11 is 16.6. The normalized spacial score (nSPS) is 16.4. The molecule has 0 spiro atoms. The van der Waals surface area contributed by atoms with Crippen LogP contribution in [-0.2, 0) is 16.2 Å². The van der Waals surface area contributed by atoms with Crippen LogP contribution in [0.3, 0.4) is 0 Å². The van der Waals surface area contributed by atoms with Crippen molar-refractivity contribution in [2.24, 2.45) is 0 Å². The molecule has 2 aliphatic heterocycles. The highest BCUT2D eigenvalue weighted by atomic mass is 79.9. The summed E-state index contributed by atoms with van der Waals surface area (Å²) in [4.78, 5) is 44.0. The first-order chi connectivity index (χ1) is 20.2. The van der Waals surface area contributed by atoms with Crippen LogP contribution in [0.15, 0.2) is 70.0 Å². The van der Waals surface area contributed by atoms with E-state index in [1.807, 2.05) is 30.3 Å². The van der Waals surface area contributed by atoms with Gasteiger partial charge in [0.05, 0.1) is 16.5 Å². The number of ether oxygens (including phenoxy) is 2. The van der Waals surface area contributed by atoms with Gasteiger partial charge in [-0.1, -0.05) is 47.5 Å². The number of carbonyl (C=O) groups is 3. The van der Waals surface area contributed by atoms with Crippen molar-refractivity contribution in [3.63, 3.8) is 0 Å². The predicted octanol–water partition coefficient (Wildman–Crippen LogP) is 6.73. The van der Waals surface area contributed by atoms with E-state index in [1.165, 1.54) is 7.11 Å². The van der Waals surface area contributed by atoms with Crippen LogP contribution in [0.4, 0.5) is 10.5 Å². The van der Waals surface area contributed by atoms with Gasteiger partial charge in [-0.2, -0.15) is 0 Å². The first-order valence-corrected chi connectivity index (χ1v) is 15.4. The van der Waals surface area contributed by atoms with Crippen LogP contribution in [-0.4, -0.2) is 66.7 Å². The second-order valence-electron chi connectivity index (χ2n) is 9.53. The molecule has 218 valence electrons. The van der Waals surface area contributed by atoms with Crippen LogP contribution in [0.5, 0.6) is 11.5 Å². The molecule has 0 unspecified atom stereocenters. The lowest BCUT2D eigenvalue weighted by Crippen LogP contribution is -2.51. The topological polar surface area (TPSA) is 79.4 Å². The van der Waals surface area contributed by atoms with Crippen LogP contribution in [0, 0.1) is 0 Å². The Labute approximate surface area is 266 Å². The van der Waals surface area contributed by atoms with Gasteiger partial charge in [-0.05, 0) is 75.7 Å². The van der Waals surface area contributed by atoms with E-state index in [2.05, 4.69) is 20.8 Å². The number of rotatable bonds is 8. The molecular formula is C30H26BrCl2N3O5S. The van der Waals surface area contributed by atoms with Crippen LogP contribution in [0.1, 0.15) is 11.1 Å². The zero-order valence-corrected chi connectivity index (χ0v) is 26.4. The number of piperazine rings is 1. The zero-order chi connectivity index (χ0) is 29.8. The van der Waals surface area contributed by atoms with Gasteiger partial charge in [0, 0.05) is 47.5 Å². The predicted molar refractivity (Wildman–Crippen MR) is 169 cm³/mol. The molecule has 3 aromatic carbocycles. The molecule has 42 heavy (non-hydrogen) atoms. The summed E-state index contributed by atoms with van der Waals surface area (Å²) in [7, 11) is 1.51. The first-order valence-electron chi connectivity index (χ1n) is 13.0. The molecule has 2 saturated heterocycles. The van der Waals surface area contributed by atoms with Gasteiger partial charge >= 0.3 is 0 Å². The van der Waals surface area contributed by atoms with Gasteiger partial charge in [-0.25, -0.2) is 0 Å². The van der Waals surface area contributed by atoms with E-state index in [0.29, 0.717) is 57.8 Å². The average Bonchev–Trinajstić information content (AvgIpc) is 3.24. The molecule has 2 aliphatic rings. The number of benzene rings is 3. The number of nitrogens with zero attached hydrogens (tertiary/aromatic N) is 3. The molecule has 8 nitrogen and oxygen atoms in total. The summed E-state index contributed by atoms with van der Waals surface area (Å²) in [5, 5.41) is 0.536. The highest BCUT2D eigenvalue weighted by molar-refractivity contribution is 9.10. The summed E-state index contributed by atoms with van der Waals surface area (Å²) < 4.78 is 12.1. The number of halogens is 3. The average molecular weight is 691 g/mol. The molecule has 3 aromatic rings. The van der Waals surface area contributed by atoms with Gasteiger partial charge in [0.25, 0.3) is 11.1 Å². The summed E-state index contributed by atoms with van der Waals surface area (Å²) in [6, 6.07) is 18.6. The van der Waals surface area contributed by atoms with Crippen molar-refractivity contribution >= 4 is 79.7 Å². The highest BCUT2D eigenvalue weighted by Gasteiger charge is 2.37. The van der Waals surface area contributed by atoms with Crippen molar-refractivity contribution in [3.8, 4) is 11.5 Å². The fourth-order valence-corrected chi connectivity index (χ4v) is 6.50. The number of anilines is 1. The molecule has 0 N–H and O–H groups in total. The lowest BCUT2D eigenvalue weighted by molar-refractivity contribution is -0.136. The van der Waals surface area contributed by atoms with E-state index in [0.717, 1.165) is 27.9 Å². The Kier molecular flexibility index (Phi) is 9.67.